The number of nitrogens with two attached hydrogens (primary N) is 1. The molecule has 94 valence electrons. The Hall–Kier alpha value is -1.69. The second kappa shape index (κ2) is 6.15. The lowest BCUT2D eigenvalue weighted by molar-refractivity contribution is 0.00986. The molecule has 0 aliphatic carbocycles. The van der Waals surface area contributed by atoms with E-state index in [1.54, 1.807) is 18.2 Å². The van der Waals surface area contributed by atoms with Gasteiger partial charge in [0.1, 0.15) is 18.2 Å². The molecule has 17 heavy (non-hydrogen) atoms. The molecule has 6 heteroatoms. The fraction of sp³-hybridized carbons (Fsp3) is 0.364. The number of benzene rings is 1. The zero-order chi connectivity index (χ0) is 12.8. The Morgan fingerprint density at radius 3 is 2.71 bits per heavy atom. The fourth-order valence-corrected chi connectivity index (χ4v) is 1.32. The first-order valence-electron chi connectivity index (χ1n) is 4.91. The summed E-state index contributed by atoms with van der Waals surface area (Å²) in [4.78, 5) is 0. The SMILES string of the molecule is COc1ccc(COCC(F)F)cc1C(=N)N. The highest BCUT2D eigenvalue weighted by molar-refractivity contribution is 5.97. The predicted octanol–water partition coefficient (Wildman–Crippen LogP) is 1.76. The third-order valence-corrected chi connectivity index (χ3v) is 2.07. The minimum atomic E-state index is -2.49. The van der Waals surface area contributed by atoms with Gasteiger partial charge in [-0.1, -0.05) is 6.07 Å². The molecule has 0 bridgehead atoms. The molecule has 0 aliphatic heterocycles. The van der Waals surface area contributed by atoms with E-state index in [0.717, 1.165) is 0 Å². The van der Waals surface area contributed by atoms with Crippen molar-refractivity contribution in [2.75, 3.05) is 13.7 Å². The Bertz CT molecular complexity index is 397. The minimum Gasteiger partial charge on any atom is -0.496 e. The number of hydrogen-bond acceptors (Lipinski definition) is 3. The van der Waals surface area contributed by atoms with Gasteiger partial charge in [-0.2, -0.15) is 0 Å². The molecule has 1 aromatic rings. The van der Waals surface area contributed by atoms with Crippen molar-refractivity contribution < 1.29 is 18.3 Å². The topological polar surface area (TPSA) is 68.3 Å². The van der Waals surface area contributed by atoms with Gasteiger partial charge < -0.3 is 15.2 Å². The number of amidine groups is 1. The van der Waals surface area contributed by atoms with Gasteiger partial charge in [-0.25, -0.2) is 8.78 Å². The first kappa shape index (κ1) is 13.4. The molecule has 0 heterocycles. The molecular weight excluding hydrogens is 230 g/mol. The third kappa shape index (κ3) is 3.99. The van der Waals surface area contributed by atoms with Crippen molar-refractivity contribution in [3.8, 4) is 5.75 Å². The molecule has 0 spiro atoms. The van der Waals surface area contributed by atoms with Crippen LogP contribution in [-0.2, 0) is 11.3 Å². The smallest absolute Gasteiger partial charge is 0.261 e. The lowest BCUT2D eigenvalue weighted by Gasteiger charge is -2.10. The lowest BCUT2D eigenvalue weighted by Crippen LogP contribution is -2.13. The molecule has 0 unspecified atom stereocenters. The summed E-state index contributed by atoms with van der Waals surface area (Å²) < 4.78 is 33.5. The molecule has 0 amide bonds. The average molecular weight is 244 g/mol. The Balaban J connectivity index is 2.74. The van der Waals surface area contributed by atoms with E-state index >= 15 is 0 Å². The molecule has 3 N–H and O–H groups in total. The molecule has 0 atom stereocenters. The standard InChI is InChI=1S/C11H14F2N2O2/c1-16-9-3-2-7(4-8(9)11(14)15)5-17-6-10(12)13/h2-4,10H,5-6H2,1H3,(H3,14,15). The Morgan fingerprint density at radius 2 is 2.18 bits per heavy atom. The van der Waals surface area contributed by atoms with Gasteiger partial charge in [0, 0.05) is 0 Å². The van der Waals surface area contributed by atoms with Crippen LogP contribution in [0.4, 0.5) is 8.78 Å². The van der Waals surface area contributed by atoms with Crippen molar-refractivity contribution in [2.45, 2.75) is 13.0 Å². The highest BCUT2D eigenvalue weighted by atomic mass is 19.3. The van der Waals surface area contributed by atoms with Gasteiger partial charge >= 0.3 is 0 Å². The van der Waals surface area contributed by atoms with Crippen LogP contribution >= 0.6 is 0 Å². The van der Waals surface area contributed by atoms with Crippen LogP contribution in [0.3, 0.4) is 0 Å². The van der Waals surface area contributed by atoms with Crippen molar-refractivity contribution in [2.24, 2.45) is 5.73 Å². The summed E-state index contributed by atoms with van der Waals surface area (Å²) in [5.74, 6) is 0.327. The van der Waals surface area contributed by atoms with Crippen LogP contribution in [0.25, 0.3) is 0 Å². The van der Waals surface area contributed by atoms with Gasteiger partial charge in [-0.3, -0.25) is 5.41 Å². The monoisotopic (exact) mass is 244 g/mol. The average Bonchev–Trinajstić information content (AvgIpc) is 2.28. The molecule has 0 aromatic heterocycles. The number of nitrogens with one attached hydrogen (secondary N) is 1. The van der Waals surface area contributed by atoms with Gasteiger partial charge in [0.15, 0.2) is 0 Å². The van der Waals surface area contributed by atoms with E-state index in [4.69, 9.17) is 20.6 Å². The van der Waals surface area contributed by atoms with Crippen LogP contribution in [0.1, 0.15) is 11.1 Å². The first-order valence-corrected chi connectivity index (χ1v) is 4.91. The highest BCUT2D eigenvalue weighted by Crippen LogP contribution is 2.19. The summed E-state index contributed by atoms with van der Waals surface area (Å²) in [6, 6.07) is 4.89. The second-order valence-corrected chi connectivity index (χ2v) is 3.35. The van der Waals surface area contributed by atoms with Crippen molar-refractivity contribution in [1.29, 1.82) is 5.41 Å². The maximum Gasteiger partial charge on any atom is 0.261 e. The Labute approximate surface area is 97.8 Å². The summed E-state index contributed by atoms with van der Waals surface area (Å²) in [6.45, 7) is -0.559. The second-order valence-electron chi connectivity index (χ2n) is 3.35. The van der Waals surface area contributed by atoms with Gasteiger partial charge in [0.2, 0.25) is 0 Å². The van der Waals surface area contributed by atoms with Crippen molar-refractivity contribution in [1.82, 2.24) is 0 Å². The van der Waals surface area contributed by atoms with Crippen molar-refractivity contribution in [3.63, 3.8) is 0 Å². The quantitative estimate of drug-likeness (QED) is 0.591. The maximum atomic E-state index is 11.9. The van der Waals surface area contributed by atoms with E-state index in [2.05, 4.69) is 0 Å². The number of rotatable bonds is 6. The van der Waals surface area contributed by atoms with E-state index in [-0.39, 0.29) is 12.4 Å². The molecule has 0 saturated carbocycles. The molecule has 0 fully saturated rings. The van der Waals surface area contributed by atoms with E-state index < -0.39 is 13.0 Å². The first-order chi connectivity index (χ1) is 8.04. The summed E-state index contributed by atoms with van der Waals surface area (Å²) in [6.07, 6.45) is -2.49. The third-order valence-electron chi connectivity index (χ3n) is 2.07. The summed E-state index contributed by atoms with van der Waals surface area (Å²) >= 11 is 0. The van der Waals surface area contributed by atoms with Crippen LogP contribution in [0.5, 0.6) is 5.75 Å². The van der Waals surface area contributed by atoms with Gasteiger partial charge in [-0.05, 0) is 17.7 Å². The number of alkyl halides is 2. The number of ether oxygens (including phenoxy) is 2. The number of halogens is 2. The van der Waals surface area contributed by atoms with Gasteiger partial charge in [0.05, 0.1) is 19.3 Å². The Morgan fingerprint density at radius 1 is 1.47 bits per heavy atom. The van der Waals surface area contributed by atoms with Crippen LogP contribution in [-0.4, -0.2) is 26.0 Å². The fourth-order valence-electron chi connectivity index (χ4n) is 1.32. The van der Waals surface area contributed by atoms with E-state index in [1.165, 1.54) is 7.11 Å². The Kier molecular flexibility index (Phi) is 4.84. The van der Waals surface area contributed by atoms with Crippen molar-refractivity contribution >= 4 is 5.84 Å². The normalized spacial score (nSPS) is 10.6. The van der Waals surface area contributed by atoms with Gasteiger partial charge in [-0.15, -0.1) is 0 Å². The van der Waals surface area contributed by atoms with Crippen LogP contribution in [0.15, 0.2) is 18.2 Å². The van der Waals surface area contributed by atoms with Gasteiger partial charge in [0.25, 0.3) is 6.43 Å². The van der Waals surface area contributed by atoms with E-state index in [9.17, 15) is 8.78 Å². The summed E-state index contributed by atoms with van der Waals surface area (Å²) in [5, 5.41) is 7.36. The number of nitrogen functional groups attached to an aromatic ring is 1. The lowest BCUT2D eigenvalue weighted by atomic mass is 10.1. The van der Waals surface area contributed by atoms with E-state index in [0.29, 0.717) is 16.9 Å². The largest absolute Gasteiger partial charge is 0.496 e. The molecule has 0 saturated heterocycles. The molecule has 1 rings (SSSR count). The van der Waals surface area contributed by atoms with Crippen LogP contribution < -0.4 is 10.5 Å². The zero-order valence-electron chi connectivity index (χ0n) is 9.37. The predicted molar refractivity (Wildman–Crippen MR) is 59.7 cm³/mol. The number of hydrogen-bond donors (Lipinski definition) is 2. The zero-order valence-corrected chi connectivity index (χ0v) is 9.37. The molecule has 4 nitrogen and oxygen atoms in total. The van der Waals surface area contributed by atoms with Crippen molar-refractivity contribution in [3.05, 3.63) is 29.3 Å². The molecule has 1 aromatic carbocycles. The van der Waals surface area contributed by atoms with E-state index in [1.807, 2.05) is 0 Å². The molecule has 0 radical (unpaired) electrons. The summed E-state index contributed by atoms with van der Waals surface area (Å²) in [5.41, 5.74) is 6.46. The summed E-state index contributed by atoms with van der Waals surface area (Å²) in [7, 11) is 1.47. The van der Waals surface area contributed by atoms with Crippen LogP contribution in [0, 0.1) is 5.41 Å². The maximum absolute atomic E-state index is 11.9. The molecular formula is C11H14F2N2O2. The molecule has 0 aliphatic rings. The number of methoxy groups -OCH3 is 1. The van der Waals surface area contributed by atoms with Crippen LogP contribution in [0.2, 0.25) is 0 Å². The highest BCUT2D eigenvalue weighted by Gasteiger charge is 2.08. The minimum absolute atomic E-state index is 0.0502.